The molecule has 1 aromatic heterocycles. The second kappa shape index (κ2) is 9.51. The lowest BCUT2D eigenvalue weighted by Gasteiger charge is -2.24. The third kappa shape index (κ3) is 4.47. The molecule has 0 aliphatic carbocycles. The quantitative estimate of drug-likeness (QED) is 0.242. The van der Waals surface area contributed by atoms with Crippen molar-refractivity contribution < 1.29 is 23.8 Å². The Bertz CT molecular complexity index is 1250. The molecule has 1 unspecified atom stereocenters. The second-order valence-corrected chi connectivity index (χ2v) is 8.48. The number of hydrogen-bond acceptors (Lipinski definition) is 5. The molecule has 9 heteroatoms. The second-order valence-electron chi connectivity index (χ2n) is 7.26. The van der Waals surface area contributed by atoms with Gasteiger partial charge in [0.15, 0.2) is 0 Å². The van der Waals surface area contributed by atoms with Crippen LogP contribution in [0.4, 0.5) is 0 Å². The molecule has 4 rings (SSSR count). The number of carbonyl (C=O) groups excluding carboxylic acids is 2. The van der Waals surface area contributed by atoms with Gasteiger partial charge in [-0.05, 0) is 55.0 Å². The average Bonchev–Trinajstić information content (AvgIpc) is 3.39. The summed E-state index contributed by atoms with van der Waals surface area (Å²) in [5.74, 6) is -1.06. The van der Waals surface area contributed by atoms with Crippen molar-refractivity contribution in [2.45, 2.75) is 19.5 Å². The van der Waals surface area contributed by atoms with Crippen LogP contribution in [0, 0.1) is 0 Å². The largest absolute Gasteiger partial charge is 0.507 e. The molecule has 1 amide bonds. The van der Waals surface area contributed by atoms with E-state index in [9.17, 15) is 14.7 Å². The number of ether oxygens (including phenoxy) is 1. The van der Waals surface area contributed by atoms with Crippen LogP contribution in [0.1, 0.15) is 29.9 Å². The Balaban J connectivity index is 1.86. The minimum Gasteiger partial charge on any atom is -0.507 e. The van der Waals surface area contributed by atoms with E-state index in [2.05, 4.69) is 0 Å². The summed E-state index contributed by atoms with van der Waals surface area (Å²) < 4.78 is 10.8. The number of furan rings is 1. The molecule has 1 N–H and O–H groups in total. The van der Waals surface area contributed by atoms with Crippen LogP contribution in [0.25, 0.3) is 5.76 Å². The van der Waals surface area contributed by atoms with E-state index in [0.29, 0.717) is 28.7 Å². The maximum atomic E-state index is 13.1. The monoisotopic (exact) mass is 505 g/mol. The summed E-state index contributed by atoms with van der Waals surface area (Å²) in [5.41, 5.74) is 0.684. The van der Waals surface area contributed by atoms with Crippen LogP contribution in [-0.4, -0.2) is 28.3 Å². The van der Waals surface area contributed by atoms with Crippen molar-refractivity contribution in [1.29, 1.82) is 0 Å². The lowest BCUT2D eigenvalue weighted by Crippen LogP contribution is -2.29. The van der Waals surface area contributed by atoms with Crippen LogP contribution < -0.4 is 4.74 Å². The number of likely N-dealkylation sites (tertiary alicyclic amines) is 1. The highest BCUT2D eigenvalue weighted by Gasteiger charge is 2.46. The fourth-order valence-electron chi connectivity index (χ4n) is 3.72. The Morgan fingerprint density at radius 3 is 2.48 bits per heavy atom. The molecular formula is C24H18Cl3NO5. The molecule has 2 heterocycles. The Morgan fingerprint density at radius 2 is 1.85 bits per heavy atom. The Kier molecular flexibility index (Phi) is 6.70. The van der Waals surface area contributed by atoms with Crippen LogP contribution in [-0.2, 0) is 16.1 Å². The van der Waals surface area contributed by atoms with Gasteiger partial charge in [0.25, 0.3) is 11.7 Å². The Morgan fingerprint density at radius 1 is 1.06 bits per heavy atom. The Hall–Kier alpha value is -2.93. The van der Waals surface area contributed by atoms with E-state index in [-0.39, 0.29) is 33.5 Å². The molecule has 1 aliphatic rings. The molecular weight excluding hydrogens is 489 g/mol. The number of halogens is 3. The van der Waals surface area contributed by atoms with Crippen LogP contribution in [0.3, 0.4) is 0 Å². The van der Waals surface area contributed by atoms with Gasteiger partial charge in [-0.3, -0.25) is 9.59 Å². The van der Waals surface area contributed by atoms with Crippen molar-refractivity contribution >= 4 is 52.3 Å². The SMILES string of the molecule is CCOc1ccc(/C(O)=C2\C(=O)C(=O)N(Cc3ccco3)C2c2ccc(Cl)c(Cl)c2)cc1Cl. The number of aliphatic hydroxyl groups excluding tert-OH is 1. The molecule has 1 aliphatic heterocycles. The lowest BCUT2D eigenvalue weighted by molar-refractivity contribution is -0.140. The van der Waals surface area contributed by atoms with Gasteiger partial charge in [0.1, 0.15) is 17.3 Å². The summed E-state index contributed by atoms with van der Waals surface area (Å²) in [5, 5.41) is 12.0. The minimum absolute atomic E-state index is 0.0172. The first-order chi connectivity index (χ1) is 15.8. The minimum atomic E-state index is -0.921. The number of amides is 1. The number of aliphatic hydroxyl groups is 1. The summed E-state index contributed by atoms with van der Waals surface area (Å²) in [6.07, 6.45) is 1.47. The van der Waals surface area contributed by atoms with Gasteiger partial charge >= 0.3 is 0 Å². The zero-order valence-electron chi connectivity index (χ0n) is 17.3. The van der Waals surface area contributed by atoms with E-state index in [1.54, 1.807) is 42.5 Å². The van der Waals surface area contributed by atoms with Gasteiger partial charge in [-0.1, -0.05) is 40.9 Å². The molecule has 3 aromatic rings. The molecule has 1 fully saturated rings. The summed E-state index contributed by atoms with van der Waals surface area (Å²) in [4.78, 5) is 27.4. The van der Waals surface area contributed by atoms with E-state index in [1.165, 1.54) is 17.2 Å². The van der Waals surface area contributed by atoms with Crippen molar-refractivity contribution in [3.8, 4) is 5.75 Å². The van der Waals surface area contributed by atoms with Crippen molar-refractivity contribution in [2.75, 3.05) is 6.61 Å². The number of hydrogen-bond donors (Lipinski definition) is 1. The fraction of sp³-hybridized carbons (Fsp3) is 0.167. The first-order valence-electron chi connectivity index (χ1n) is 10.00. The topological polar surface area (TPSA) is 80.0 Å². The smallest absolute Gasteiger partial charge is 0.296 e. The maximum Gasteiger partial charge on any atom is 0.296 e. The first kappa shape index (κ1) is 23.2. The fourth-order valence-corrected chi connectivity index (χ4v) is 4.26. The molecule has 0 bridgehead atoms. The van der Waals surface area contributed by atoms with Crippen molar-refractivity contribution in [1.82, 2.24) is 4.90 Å². The van der Waals surface area contributed by atoms with Crippen LogP contribution in [0.5, 0.6) is 5.75 Å². The van der Waals surface area contributed by atoms with Gasteiger partial charge in [0, 0.05) is 5.56 Å². The van der Waals surface area contributed by atoms with E-state index >= 15 is 0 Å². The third-order valence-corrected chi connectivity index (χ3v) is 6.25. The van der Waals surface area contributed by atoms with Crippen molar-refractivity contribution in [3.05, 3.63) is 92.3 Å². The molecule has 1 saturated heterocycles. The molecule has 2 aromatic carbocycles. The van der Waals surface area contributed by atoms with Gasteiger partial charge in [-0.15, -0.1) is 0 Å². The zero-order valence-corrected chi connectivity index (χ0v) is 19.6. The number of carbonyl (C=O) groups is 2. The zero-order chi connectivity index (χ0) is 23.7. The molecule has 6 nitrogen and oxygen atoms in total. The normalized spacial score (nSPS) is 17.6. The molecule has 0 saturated carbocycles. The highest BCUT2D eigenvalue weighted by atomic mass is 35.5. The van der Waals surface area contributed by atoms with Crippen molar-refractivity contribution in [3.63, 3.8) is 0 Å². The number of benzene rings is 2. The van der Waals surface area contributed by atoms with E-state index in [0.717, 1.165) is 0 Å². The van der Waals surface area contributed by atoms with Crippen molar-refractivity contribution in [2.24, 2.45) is 0 Å². The van der Waals surface area contributed by atoms with Gasteiger partial charge in [0.2, 0.25) is 0 Å². The highest BCUT2D eigenvalue weighted by molar-refractivity contribution is 6.47. The number of nitrogens with zero attached hydrogens (tertiary/aromatic N) is 1. The lowest BCUT2D eigenvalue weighted by atomic mass is 9.95. The third-order valence-electron chi connectivity index (χ3n) is 5.21. The summed E-state index contributed by atoms with van der Waals surface area (Å²) in [6.45, 7) is 2.26. The van der Waals surface area contributed by atoms with Crippen LogP contribution >= 0.6 is 34.8 Å². The van der Waals surface area contributed by atoms with Gasteiger partial charge < -0.3 is 19.2 Å². The molecule has 0 radical (unpaired) electrons. The summed E-state index contributed by atoms with van der Waals surface area (Å²) in [7, 11) is 0. The van der Waals surface area contributed by atoms with Gasteiger partial charge in [-0.2, -0.15) is 0 Å². The van der Waals surface area contributed by atoms with Gasteiger partial charge in [0.05, 0.1) is 46.1 Å². The van der Waals surface area contributed by atoms with E-state index < -0.39 is 17.7 Å². The first-order valence-corrected chi connectivity index (χ1v) is 11.1. The van der Waals surface area contributed by atoms with E-state index in [4.69, 9.17) is 44.0 Å². The number of ketones is 1. The standard InChI is InChI=1S/C24H18Cl3NO5/c1-2-32-19-8-6-14(11-18(19)27)22(29)20-21(13-5-7-16(25)17(26)10-13)28(24(31)23(20)30)12-15-4-3-9-33-15/h3-11,21,29H,2,12H2,1H3/b22-20+. The predicted molar refractivity (Wildman–Crippen MR) is 126 cm³/mol. The van der Waals surface area contributed by atoms with Gasteiger partial charge in [-0.25, -0.2) is 0 Å². The maximum absolute atomic E-state index is 13.1. The molecule has 0 spiro atoms. The highest BCUT2D eigenvalue weighted by Crippen LogP contribution is 2.42. The summed E-state index contributed by atoms with van der Waals surface area (Å²) in [6, 6.07) is 11.9. The molecule has 33 heavy (non-hydrogen) atoms. The molecule has 170 valence electrons. The average molecular weight is 507 g/mol. The van der Waals surface area contributed by atoms with Crippen LogP contribution in [0.15, 0.2) is 64.8 Å². The summed E-state index contributed by atoms with van der Waals surface area (Å²) >= 11 is 18.6. The van der Waals surface area contributed by atoms with Crippen LogP contribution in [0.2, 0.25) is 15.1 Å². The Labute approximate surface area is 204 Å². The van der Waals surface area contributed by atoms with E-state index in [1.807, 2.05) is 6.92 Å². The number of Topliss-reactive ketones (excluding diaryl/α,β-unsaturated/α-hetero) is 1. The molecule has 1 atom stereocenters. The predicted octanol–water partition coefficient (Wildman–Crippen LogP) is 6.26. The number of rotatable bonds is 6.